The van der Waals surface area contributed by atoms with E-state index in [0.29, 0.717) is 35.9 Å². The molecule has 5 rings (SSSR count). The predicted molar refractivity (Wildman–Crippen MR) is 138 cm³/mol. The lowest BCUT2D eigenvalue weighted by atomic mass is 9.93. The van der Waals surface area contributed by atoms with E-state index in [0.717, 1.165) is 50.3 Å². The molecule has 1 aliphatic heterocycles. The third-order valence-corrected chi connectivity index (χ3v) is 7.97. The zero-order valence-corrected chi connectivity index (χ0v) is 21.0. The first-order chi connectivity index (χ1) is 18.2. The Morgan fingerprint density at radius 2 is 1.47 bits per heavy atom. The van der Waals surface area contributed by atoms with Gasteiger partial charge in [0.1, 0.15) is 17.7 Å². The number of anilines is 1. The minimum atomic E-state index is -1.26. The summed E-state index contributed by atoms with van der Waals surface area (Å²) in [7, 11) is 0. The number of aliphatic carboxylic acids is 2. The van der Waals surface area contributed by atoms with E-state index in [9.17, 15) is 18.4 Å². The molecular formula is C29H31F2N3O4. The maximum atomic E-state index is 14.2. The van der Waals surface area contributed by atoms with Crippen molar-refractivity contribution < 1.29 is 28.6 Å². The van der Waals surface area contributed by atoms with Gasteiger partial charge in [-0.05, 0) is 73.3 Å². The maximum Gasteiger partial charge on any atom is 0.328 e. The number of rotatable bonds is 5. The molecule has 7 nitrogen and oxygen atoms in total. The monoisotopic (exact) mass is 523 g/mol. The van der Waals surface area contributed by atoms with E-state index in [4.69, 9.17) is 15.5 Å². The Morgan fingerprint density at radius 3 is 2.00 bits per heavy atom. The lowest BCUT2D eigenvalue weighted by molar-refractivity contribution is -0.134. The zero-order valence-electron chi connectivity index (χ0n) is 21.0. The summed E-state index contributed by atoms with van der Waals surface area (Å²) in [5, 5.41) is 24.5. The fourth-order valence-corrected chi connectivity index (χ4v) is 6.22. The molecule has 9 heteroatoms. The lowest BCUT2D eigenvalue weighted by Gasteiger charge is -2.39. The van der Waals surface area contributed by atoms with Gasteiger partial charge in [0.15, 0.2) is 0 Å². The molecule has 3 fully saturated rings. The molecule has 3 aliphatic rings. The molecule has 2 aliphatic carbocycles. The van der Waals surface area contributed by atoms with Crippen LogP contribution in [0, 0.1) is 34.8 Å². The van der Waals surface area contributed by atoms with Crippen molar-refractivity contribution in [3.63, 3.8) is 0 Å². The van der Waals surface area contributed by atoms with Gasteiger partial charge in [-0.15, -0.1) is 0 Å². The standard InChI is InChI=1S/C25H27F2N3.C4H4O4/c26-24-4-2-1-3-23(24)20-11-18-13-22(14-19(18)12-20)30-9-7-29(8-10-30)21-6-5-17(16-28)25(27)15-21;5-3(6)1-2-4(7)8/h1-6,15,18-20,22H,7-14H2;1-2H,(H,5,6)(H,7,8)/b;2-1+. The number of carbonyl (C=O) groups is 2. The Hall–Kier alpha value is -3.77. The molecule has 0 spiro atoms. The predicted octanol–water partition coefficient (Wildman–Crippen LogP) is 4.64. The highest BCUT2D eigenvalue weighted by atomic mass is 19.1. The number of fused-ring (bicyclic) bond motifs is 1. The van der Waals surface area contributed by atoms with Crippen molar-refractivity contribution in [2.24, 2.45) is 11.8 Å². The van der Waals surface area contributed by atoms with E-state index in [2.05, 4.69) is 9.80 Å². The Labute approximate surface area is 220 Å². The van der Waals surface area contributed by atoms with Gasteiger partial charge in [0.2, 0.25) is 0 Å². The maximum absolute atomic E-state index is 14.2. The molecule has 0 radical (unpaired) electrons. The molecule has 2 aromatic carbocycles. The molecule has 0 aromatic heterocycles. The first kappa shape index (κ1) is 27.3. The van der Waals surface area contributed by atoms with Gasteiger partial charge in [0.05, 0.1) is 5.56 Å². The van der Waals surface area contributed by atoms with Crippen molar-refractivity contribution in [3.8, 4) is 6.07 Å². The number of halogens is 2. The summed E-state index contributed by atoms with van der Waals surface area (Å²) in [6.45, 7) is 3.75. The van der Waals surface area contributed by atoms with Crippen LogP contribution in [-0.2, 0) is 9.59 Å². The van der Waals surface area contributed by atoms with Crippen LogP contribution in [0.15, 0.2) is 54.6 Å². The summed E-state index contributed by atoms with van der Waals surface area (Å²) >= 11 is 0. The smallest absolute Gasteiger partial charge is 0.328 e. The summed E-state index contributed by atoms with van der Waals surface area (Å²) in [4.78, 5) is 23.9. The number of carboxylic acid groups (broad SMARTS) is 2. The SMILES string of the molecule is N#Cc1ccc(N2CCN(C3CC4CC(c5ccccc5F)CC4C3)CC2)cc1F.O=C(O)/C=C/C(=O)O. The second kappa shape index (κ2) is 12.2. The van der Waals surface area contributed by atoms with Crippen LogP contribution in [0.1, 0.15) is 42.7 Å². The number of piperazine rings is 1. The lowest BCUT2D eigenvalue weighted by Crippen LogP contribution is -2.50. The average molecular weight is 524 g/mol. The largest absolute Gasteiger partial charge is 0.478 e. The van der Waals surface area contributed by atoms with Crippen LogP contribution in [0.3, 0.4) is 0 Å². The molecule has 1 heterocycles. The molecule has 2 N–H and O–H groups in total. The van der Waals surface area contributed by atoms with Gasteiger partial charge >= 0.3 is 11.9 Å². The van der Waals surface area contributed by atoms with E-state index in [-0.39, 0.29) is 11.4 Å². The highest BCUT2D eigenvalue weighted by molar-refractivity contribution is 5.89. The first-order valence-corrected chi connectivity index (χ1v) is 12.8. The minimum Gasteiger partial charge on any atom is -0.478 e. The molecule has 2 unspecified atom stereocenters. The van der Waals surface area contributed by atoms with Gasteiger partial charge < -0.3 is 15.1 Å². The Bertz CT molecular complexity index is 1210. The molecule has 0 amide bonds. The molecule has 0 bridgehead atoms. The average Bonchev–Trinajstić information content (AvgIpc) is 3.48. The summed E-state index contributed by atoms with van der Waals surface area (Å²) < 4.78 is 28.1. The van der Waals surface area contributed by atoms with Gasteiger partial charge in [0.25, 0.3) is 0 Å². The van der Waals surface area contributed by atoms with Crippen LogP contribution in [0.4, 0.5) is 14.5 Å². The number of nitriles is 1. The molecule has 2 atom stereocenters. The molecule has 1 saturated heterocycles. The Kier molecular flexibility index (Phi) is 8.74. The van der Waals surface area contributed by atoms with Gasteiger partial charge in [-0.2, -0.15) is 5.26 Å². The van der Waals surface area contributed by atoms with E-state index >= 15 is 0 Å². The normalized spacial score (nSPS) is 24.9. The van der Waals surface area contributed by atoms with Crippen molar-refractivity contribution in [1.29, 1.82) is 5.26 Å². The number of carboxylic acids is 2. The van der Waals surface area contributed by atoms with Crippen LogP contribution in [0.5, 0.6) is 0 Å². The number of hydrogen-bond acceptors (Lipinski definition) is 5. The Balaban J connectivity index is 0.000000368. The minimum absolute atomic E-state index is 0.0469. The molecule has 2 saturated carbocycles. The second-order valence-electron chi connectivity index (χ2n) is 10.1. The number of hydrogen-bond donors (Lipinski definition) is 2. The van der Waals surface area contributed by atoms with Crippen LogP contribution < -0.4 is 4.90 Å². The van der Waals surface area contributed by atoms with Crippen LogP contribution in [-0.4, -0.2) is 59.3 Å². The first-order valence-electron chi connectivity index (χ1n) is 12.8. The van der Waals surface area contributed by atoms with Crippen molar-refractivity contribution in [2.45, 2.75) is 37.6 Å². The van der Waals surface area contributed by atoms with Crippen LogP contribution in [0.25, 0.3) is 0 Å². The van der Waals surface area contributed by atoms with Crippen molar-refractivity contribution in [2.75, 3.05) is 31.1 Å². The third-order valence-electron chi connectivity index (χ3n) is 7.97. The topological polar surface area (TPSA) is 105 Å². The van der Waals surface area contributed by atoms with Gasteiger partial charge in [0, 0.05) is 50.1 Å². The fraction of sp³-hybridized carbons (Fsp3) is 0.414. The second-order valence-corrected chi connectivity index (χ2v) is 10.1. The molecule has 38 heavy (non-hydrogen) atoms. The Morgan fingerprint density at radius 1 is 0.868 bits per heavy atom. The third kappa shape index (κ3) is 6.56. The summed E-state index contributed by atoms with van der Waals surface area (Å²) in [5.41, 5.74) is 1.87. The van der Waals surface area contributed by atoms with Gasteiger partial charge in [-0.3, -0.25) is 4.90 Å². The fourth-order valence-electron chi connectivity index (χ4n) is 6.22. The van der Waals surface area contributed by atoms with Crippen molar-refractivity contribution in [1.82, 2.24) is 4.90 Å². The quantitative estimate of drug-likeness (QED) is 0.550. The number of benzene rings is 2. The molecule has 200 valence electrons. The molecule has 2 aromatic rings. The summed E-state index contributed by atoms with van der Waals surface area (Å²) in [6, 6.07) is 14.7. The van der Waals surface area contributed by atoms with Crippen molar-refractivity contribution >= 4 is 17.6 Å². The summed E-state index contributed by atoms with van der Waals surface area (Å²) in [5.74, 6) is -1.19. The van der Waals surface area contributed by atoms with E-state index in [1.165, 1.54) is 18.9 Å². The number of nitrogens with zero attached hydrogens (tertiary/aromatic N) is 3. The van der Waals surface area contributed by atoms with Crippen LogP contribution >= 0.6 is 0 Å². The van der Waals surface area contributed by atoms with Gasteiger partial charge in [-0.1, -0.05) is 18.2 Å². The van der Waals surface area contributed by atoms with Gasteiger partial charge in [-0.25, -0.2) is 18.4 Å². The molecular weight excluding hydrogens is 492 g/mol. The van der Waals surface area contributed by atoms with E-state index < -0.39 is 17.8 Å². The zero-order chi connectivity index (χ0) is 27.2. The summed E-state index contributed by atoms with van der Waals surface area (Å²) in [6.07, 6.45) is 5.80. The highest BCUT2D eigenvalue weighted by Crippen LogP contribution is 2.52. The van der Waals surface area contributed by atoms with Crippen LogP contribution in [0.2, 0.25) is 0 Å². The van der Waals surface area contributed by atoms with Crippen molar-refractivity contribution in [3.05, 3.63) is 77.4 Å². The highest BCUT2D eigenvalue weighted by Gasteiger charge is 2.44. The van der Waals surface area contributed by atoms with E-state index in [1.54, 1.807) is 18.2 Å². The van der Waals surface area contributed by atoms with E-state index in [1.807, 2.05) is 24.3 Å².